The predicted octanol–water partition coefficient (Wildman–Crippen LogP) is -3.28. The molecule has 0 aromatic heterocycles. The van der Waals surface area contributed by atoms with Crippen molar-refractivity contribution < 1.29 is 54.3 Å². The molecule has 2 N–H and O–H groups in total. The largest absolute Gasteiger partial charge is 2.00 e. The van der Waals surface area contributed by atoms with E-state index in [0.29, 0.717) is 0 Å². The molecule has 0 saturated carbocycles. The Morgan fingerprint density at radius 3 is 1.29 bits per heavy atom. The molecular formula is CH2CoFeO4. The third kappa shape index (κ3) is 1730. The molecule has 0 bridgehead atoms. The second-order valence-corrected chi connectivity index (χ2v) is 0.250. The smallest absolute Gasteiger partial charge is 0.652 e. The van der Waals surface area contributed by atoms with Crippen LogP contribution in [0.1, 0.15) is 0 Å². The summed E-state index contributed by atoms with van der Waals surface area (Å²) in [5, 5.41) is 16.7. The fourth-order valence-electron chi connectivity index (χ4n) is 0. The molecule has 0 atom stereocenters. The van der Waals surface area contributed by atoms with Crippen LogP contribution >= 0.6 is 0 Å². The van der Waals surface area contributed by atoms with Crippen molar-refractivity contribution in [2.24, 2.45) is 0 Å². The molecule has 1 radical (unpaired) electrons. The fraction of sp³-hybridized carbons (Fsp3) is 0. The Morgan fingerprint density at radius 1 is 1.29 bits per heavy atom. The SMILES string of the molecule is O.O=C([O-])[O-].[Co].[Fe+2]. The van der Waals surface area contributed by atoms with Crippen LogP contribution in [-0.2, 0) is 33.8 Å². The van der Waals surface area contributed by atoms with Gasteiger partial charge in [0, 0.05) is 16.8 Å². The van der Waals surface area contributed by atoms with Crippen molar-refractivity contribution in [3.05, 3.63) is 0 Å². The standard InChI is InChI=1S/CH2O3.Co.Fe.H2O/c2-1(3)4;;;/h(H2,2,3,4);;;1H2/q;;+2;/p-2. The van der Waals surface area contributed by atoms with Gasteiger partial charge in [-0.05, 0) is 6.16 Å². The summed E-state index contributed by atoms with van der Waals surface area (Å²) in [6.45, 7) is 0. The fourth-order valence-corrected chi connectivity index (χ4v) is 0. The summed E-state index contributed by atoms with van der Waals surface area (Å²) in [6.07, 6.45) is -2.33. The number of carbonyl (C=O) groups excluding carboxylic acids is 1. The average molecular weight is 193 g/mol. The second-order valence-electron chi connectivity index (χ2n) is 0.250. The van der Waals surface area contributed by atoms with Crippen LogP contribution in [0.4, 0.5) is 4.79 Å². The van der Waals surface area contributed by atoms with Gasteiger partial charge in [0.1, 0.15) is 0 Å². The van der Waals surface area contributed by atoms with Gasteiger partial charge in [-0.1, -0.05) is 0 Å². The predicted molar refractivity (Wildman–Crippen MR) is 9.01 cm³/mol. The second kappa shape index (κ2) is 16.3. The summed E-state index contributed by atoms with van der Waals surface area (Å²) in [5.41, 5.74) is 0. The van der Waals surface area contributed by atoms with Gasteiger partial charge in [-0.2, -0.15) is 0 Å². The van der Waals surface area contributed by atoms with Gasteiger partial charge in [0.2, 0.25) is 0 Å². The zero-order valence-electron chi connectivity index (χ0n) is 2.91. The molecule has 0 heterocycles. The third-order valence-corrected chi connectivity index (χ3v) is 0. The maximum atomic E-state index is 8.33. The van der Waals surface area contributed by atoms with Crippen molar-refractivity contribution in [1.29, 1.82) is 0 Å². The third-order valence-electron chi connectivity index (χ3n) is 0. The number of carbonyl (C=O) groups is 1. The zero-order chi connectivity index (χ0) is 3.58. The minimum absolute atomic E-state index is 0. The molecule has 4 nitrogen and oxygen atoms in total. The normalized spacial score (nSPS) is 3.43. The first-order valence-electron chi connectivity index (χ1n) is 0.612. The molecule has 6 heteroatoms. The molecule has 0 aliphatic carbocycles. The summed E-state index contributed by atoms with van der Waals surface area (Å²) >= 11 is 0. The van der Waals surface area contributed by atoms with Gasteiger partial charge >= 0.3 is 17.1 Å². The van der Waals surface area contributed by atoms with Crippen molar-refractivity contribution in [2.45, 2.75) is 0 Å². The number of hydrogen-bond acceptors (Lipinski definition) is 3. The van der Waals surface area contributed by atoms with Gasteiger partial charge in [0.05, 0.1) is 0 Å². The Hall–Kier alpha value is 0.256. The van der Waals surface area contributed by atoms with Crippen LogP contribution < -0.4 is 10.2 Å². The van der Waals surface area contributed by atoms with Gasteiger partial charge in [0.25, 0.3) is 0 Å². The molecule has 0 aromatic carbocycles. The first kappa shape index (κ1) is 26.8. The van der Waals surface area contributed by atoms with E-state index in [0.717, 1.165) is 0 Å². The minimum atomic E-state index is -2.33. The molecule has 0 unspecified atom stereocenters. The number of rotatable bonds is 0. The monoisotopic (exact) mass is 193 g/mol. The Labute approximate surface area is 60.9 Å². The van der Waals surface area contributed by atoms with Crippen LogP contribution in [0.15, 0.2) is 0 Å². The topological polar surface area (TPSA) is 94.7 Å². The molecule has 0 amide bonds. The van der Waals surface area contributed by atoms with E-state index in [9.17, 15) is 0 Å². The van der Waals surface area contributed by atoms with E-state index in [-0.39, 0.29) is 39.3 Å². The summed E-state index contributed by atoms with van der Waals surface area (Å²) in [7, 11) is 0. The van der Waals surface area contributed by atoms with Gasteiger partial charge in [0.15, 0.2) is 0 Å². The number of carboxylic acid groups (broad SMARTS) is 2. The van der Waals surface area contributed by atoms with Gasteiger partial charge in [-0.25, -0.2) is 0 Å². The molecule has 47 valence electrons. The molecular weight excluding hydrogens is 191 g/mol. The van der Waals surface area contributed by atoms with Gasteiger partial charge in [-0.15, -0.1) is 0 Å². The maximum Gasteiger partial charge on any atom is 2.00 e. The summed E-state index contributed by atoms with van der Waals surface area (Å²) < 4.78 is 0. The first-order chi connectivity index (χ1) is 1.73. The van der Waals surface area contributed by atoms with Crippen molar-refractivity contribution >= 4 is 6.16 Å². The van der Waals surface area contributed by atoms with Crippen molar-refractivity contribution in [3.8, 4) is 0 Å². The van der Waals surface area contributed by atoms with Crippen LogP contribution in [0.25, 0.3) is 0 Å². The van der Waals surface area contributed by atoms with E-state index in [1.54, 1.807) is 0 Å². The molecule has 0 aliphatic heterocycles. The van der Waals surface area contributed by atoms with E-state index >= 15 is 0 Å². The van der Waals surface area contributed by atoms with Crippen molar-refractivity contribution in [2.75, 3.05) is 0 Å². The average Bonchev–Trinajstić information content (AvgIpc) is 0.811. The van der Waals surface area contributed by atoms with Crippen LogP contribution in [0, 0.1) is 0 Å². The van der Waals surface area contributed by atoms with Crippen molar-refractivity contribution in [1.82, 2.24) is 0 Å². The van der Waals surface area contributed by atoms with Crippen LogP contribution in [-0.4, -0.2) is 11.6 Å². The summed E-state index contributed by atoms with van der Waals surface area (Å²) in [5.74, 6) is 0. The van der Waals surface area contributed by atoms with E-state index < -0.39 is 6.16 Å². The Bertz CT molecular complexity index is 34.7. The van der Waals surface area contributed by atoms with E-state index in [1.165, 1.54) is 0 Å². The molecule has 0 aliphatic rings. The van der Waals surface area contributed by atoms with Crippen LogP contribution in [0.3, 0.4) is 0 Å². The van der Waals surface area contributed by atoms with Gasteiger partial charge < -0.3 is 20.5 Å². The van der Waals surface area contributed by atoms with Crippen molar-refractivity contribution in [3.63, 3.8) is 0 Å². The molecule has 0 aromatic rings. The molecule has 7 heavy (non-hydrogen) atoms. The minimum Gasteiger partial charge on any atom is -0.652 e. The quantitative estimate of drug-likeness (QED) is 0.377. The molecule has 0 fully saturated rings. The first-order valence-corrected chi connectivity index (χ1v) is 0.612. The Balaban J connectivity index is -0.0000000150. The van der Waals surface area contributed by atoms with E-state index in [1.807, 2.05) is 0 Å². The van der Waals surface area contributed by atoms with Gasteiger partial charge in [-0.3, -0.25) is 0 Å². The molecule has 0 saturated heterocycles. The zero-order valence-corrected chi connectivity index (χ0v) is 5.06. The molecule has 0 rings (SSSR count). The Kier molecular flexibility index (Phi) is 62.4. The summed E-state index contributed by atoms with van der Waals surface area (Å²) in [6, 6.07) is 0. The van der Waals surface area contributed by atoms with E-state index in [2.05, 4.69) is 0 Å². The Morgan fingerprint density at radius 2 is 1.29 bits per heavy atom. The van der Waals surface area contributed by atoms with E-state index in [4.69, 9.17) is 15.0 Å². The summed E-state index contributed by atoms with van der Waals surface area (Å²) in [4.78, 5) is 8.33. The van der Waals surface area contributed by atoms with Crippen LogP contribution in [0.2, 0.25) is 0 Å². The van der Waals surface area contributed by atoms with Crippen LogP contribution in [0.5, 0.6) is 0 Å². The molecule has 0 spiro atoms. The maximum absolute atomic E-state index is 8.33. The number of hydrogen-bond donors (Lipinski definition) is 0.